The van der Waals surface area contributed by atoms with Crippen molar-refractivity contribution < 1.29 is 0 Å². The van der Waals surface area contributed by atoms with E-state index in [1.165, 1.54) is 0 Å². The van der Waals surface area contributed by atoms with Gasteiger partial charge in [0.2, 0.25) is 0 Å². The van der Waals surface area contributed by atoms with Gasteiger partial charge in [0.15, 0.2) is 0 Å². The lowest BCUT2D eigenvalue weighted by Crippen LogP contribution is -2.14. The van der Waals surface area contributed by atoms with E-state index in [-0.39, 0.29) is 6.04 Å². The lowest BCUT2D eigenvalue weighted by molar-refractivity contribution is 0.784. The summed E-state index contributed by atoms with van der Waals surface area (Å²) in [7, 11) is 0. The minimum atomic E-state index is -0.201. The molecule has 0 aliphatic carbocycles. The summed E-state index contributed by atoms with van der Waals surface area (Å²) in [4.78, 5) is 8.21. The number of hydrogen-bond acceptors (Lipinski definition) is 4. The first kappa shape index (κ1) is 8.34. The fraction of sp³-hybridized carbons (Fsp3) is 0.111. The van der Waals surface area contributed by atoms with Gasteiger partial charge in [-0.05, 0) is 28.5 Å². The zero-order valence-electron chi connectivity index (χ0n) is 6.92. The Morgan fingerprint density at radius 1 is 1.31 bits per heavy atom. The molecule has 0 amide bonds. The molecule has 1 unspecified atom stereocenters. The van der Waals surface area contributed by atoms with Crippen LogP contribution in [0.3, 0.4) is 0 Å². The molecule has 2 rings (SSSR count). The summed E-state index contributed by atoms with van der Waals surface area (Å²) >= 11 is 1.63. The molecule has 0 fully saturated rings. The smallest absolute Gasteiger partial charge is 0.149 e. The van der Waals surface area contributed by atoms with Crippen LogP contribution in [0.1, 0.15) is 17.4 Å². The van der Waals surface area contributed by atoms with Crippen LogP contribution in [0.5, 0.6) is 0 Å². The predicted molar refractivity (Wildman–Crippen MR) is 52.4 cm³/mol. The quantitative estimate of drug-likeness (QED) is 0.784. The third kappa shape index (κ3) is 1.74. The molecule has 0 aliphatic heterocycles. The molecule has 2 aromatic rings. The largest absolute Gasteiger partial charge is 0.318 e. The average Bonchev–Trinajstić information content (AvgIpc) is 2.71. The molecule has 4 heteroatoms. The highest BCUT2D eigenvalue weighted by molar-refractivity contribution is 7.07. The van der Waals surface area contributed by atoms with E-state index in [9.17, 15) is 0 Å². The second-order valence-corrected chi connectivity index (χ2v) is 3.42. The fourth-order valence-electron chi connectivity index (χ4n) is 1.07. The molecule has 13 heavy (non-hydrogen) atoms. The topological polar surface area (TPSA) is 51.8 Å². The Morgan fingerprint density at radius 3 is 2.69 bits per heavy atom. The van der Waals surface area contributed by atoms with Gasteiger partial charge in [0, 0.05) is 12.4 Å². The Hall–Kier alpha value is -1.26. The van der Waals surface area contributed by atoms with Crippen LogP contribution in [-0.4, -0.2) is 9.97 Å². The summed E-state index contributed by atoms with van der Waals surface area (Å²) in [6, 6.07) is 3.57. The van der Waals surface area contributed by atoms with Crippen molar-refractivity contribution in [3.05, 3.63) is 46.7 Å². The highest BCUT2D eigenvalue weighted by atomic mass is 32.1. The van der Waals surface area contributed by atoms with Gasteiger partial charge >= 0.3 is 0 Å². The van der Waals surface area contributed by atoms with Crippen molar-refractivity contribution >= 4 is 11.3 Å². The van der Waals surface area contributed by atoms with Gasteiger partial charge in [-0.3, -0.25) is 0 Å². The van der Waals surface area contributed by atoms with E-state index in [1.54, 1.807) is 29.8 Å². The molecular weight excluding hydrogens is 182 g/mol. The summed E-state index contributed by atoms with van der Waals surface area (Å²) in [6.07, 6.45) is 3.41. The molecular formula is C9H9N3S. The third-order valence-corrected chi connectivity index (χ3v) is 2.47. The van der Waals surface area contributed by atoms with Crippen molar-refractivity contribution in [2.45, 2.75) is 6.04 Å². The number of nitrogens with two attached hydrogens (primary N) is 1. The minimum Gasteiger partial charge on any atom is -0.318 e. The molecule has 0 saturated heterocycles. The molecule has 0 saturated carbocycles. The van der Waals surface area contributed by atoms with Gasteiger partial charge in [0.1, 0.15) is 5.82 Å². The minimum absolute atomic E-state index is 0.201. The van der Waals surface area contributed by atoms with Crippen molar-refractivity contribution in [2.75, 3.05) is 0 Å². The lowest BCUT2D eigenvalue weighted by atomic mass is 10.1. The van der Waals surface area contributed by atoms with Crippen molar-refractivity contribution in [3.8, 4) is 0 Å². The molecule has 0 spiro atoms. The Morgan fingerprint density at radius 2 is 2.08 bits per heavy atom. The molecule has 2 aromatic heterocycles. The highest BCUT2D eigenvalue weighted by Gasteiger charge is 2.10. The molecule has 2 N–H and O–H groups in total. The molecule has 1 atom stereocenters. The lowest BCUT2D eigenvalue weighted by Gasteiger charge is -2.06. The Bertz CT molecular complexity index is 358. The van der Waals surface area contributed by atoms with Gasteiger partial charge in [-0.15, -0.1) is 0 Å². The van der Waals surface area contributed by atoms with Gasteiger partial charge in [-0.2, -0.15) is 11.3 Å². The maximum atomic E-state index is 5.94. The first-order valence-corrected chi connectivity index (χ1v) is 4.87. The second kappa shape index (κ2) is 3.64. The monoisotopic (exact) mass is 191 g/mol. The number of rotatable bonds is 2. The number of hydrogen-bond donors (Lipinski definition) is 1. The zero-order valence-corrected chi connectivity index (χ0v) is 7.74. The van der Waals surface area contributed by atoms with E-state index in [0.29, 0.717) is 5.82 Å². The van der Waals surface area contributed by atoms with E-state index >= 15 is 0 Å². The SMILES string of the molecule is NC(c1ccsc1)c1ncccn1. The summed E-state index contributed by atoms with van der Waals surface area (Å²) in [5.41, 5.74) is 7.01. The van der Waals surface area contributed by atoms with Crippen molar-refractivity contribution in [3.63, 3.8) is 0 Å². The van der Waals surface area contributed by atoms with Crippen molar-refractivity contribution in [1.29, 1.82) is 0 Å². The maximum absolute atomic E-state index is 5.94. The van der Waals surface area contributed by atoms with Crippen LogP contribution in [0.2, 0.25) is 0 Å². The first-order valence-electron chi connectivity index (χ1n) is 3.92. The molecule has 0 bridgehead atoms. The van der Waals surface area contributed by atoms with Crippen LogP contribution in [0.25, 0.3) is 0 Å². The molecule has 0 aliphatic rings. The summed E-state index contributed by atoms with van der Waals surface area (Å²) in [5, 5.41) is 4.01. The number of aromatic nitrogens is 2. The van der Waals surface area contributed by atoms with Crippen molar-refractivity contribution in [2.24, 2.45) is 5.73 Å². The van der Waals surface area contributed by atoms with E-state index in [0.717, 1.165) is 5.56 Å². The molecule has 2 heterocycles. The van der Waals surface area contributed by atoms with Crippen LogP contribution in [0.15, 0.2) is 35.3 Å². The Kier molecular flexibility index (Phi) is 2.33. The van der Waals surface area contributed by atoms with E-state index in [4.69, 9.17) is 5.73 Å². The fourth-order valence-corrected chi connectivity index (χ4v) is 1.77. The second-order valence-electron chi connectivity index (χ2n) is 2.64. The van der Waals surface area contributed by atoms with Crippen molar-refractivity contribution in [1.82, 2.24) is 9.97 Å². The average molecular weight is 191 g/mol. The molecule has 0 aromatic carbocycles. The van der Waals surface area contributed by atoms with Gasteiger partial charge in [0.05, 0.1) is 6.04 Å². The van der Waals surface area contributed by atoms with Gasteiger partial charge < -0.3 is 5.73 Å². The van der Waals surface area contributed by atoms with Crippen LogP contribution < -0.4 is 5.73 Å². The molecule has 3 nitrogen and oxygen atoms in total. The molecule has 0 radical (unpaired) electrons. The van der Waals surface area contributed by atoms with E-state index < -0.39 is 0 Å². The Balaban J connectivity index is 2.29. The van der Waals surface area contributed by atoms with Gasteiger partial charge in [0.25, 0.3) is 0 Å². The normalized spacial score (nSPS) is 12.7. The van der Waals surface area contributed by atoms with Crippen LogP contribution in [0, 0.1) is 0 Å². The summed E-state index contributed by atoms with van der Waals surface area (Å²) in [6.45, 7) is 0. The zero-order chi connectivity index (χ0) is 9.10. The van der Waals surface area contributed by atoms with Crippen LogP contribution >= 0.6 is 11.3 Å². The Labute approximate surface area is 80.3 Å². The predicted octanol–water partition coefficient (Wildman–Crippen LogP) is 1.59. The van der Waals surface area contributed by atoms with E-state index in [2.05, 4.69) is 9.97 Å². The standard InChI is InChI=1S/C9H9N3S/c10-8(7-2-5-13-6-7)9-11-3-1-4-12-9/h1-6,8H,10H2. The summed E-state index contributed by atoms with van der Waals surface area (Å²) in [5.74, 6) is 0.668. The van der Waals surface area contributed by atoms with Crippen LogP contribution in [0.4, 0.5) is 0 Å². The van der Waals surface area contributed by atoms with Crippen LogP contribution in [-0.2, 0) is 0 Å². The number of thiophene rings is 1. The number of nitrogens with zero attached hydrogens (tertiary/aromatic N) is 2. The van der Waals surface area contributed by atoms with E-state index in [1.807, 2.05) is 16.8 Å². The maximum Gasteiger partial charge on any atom is 0.149 e. The first-order chi connectivity index (χ1) is 6.38. The highest BCUT2D eigenvalue weighted by Crippen LogP contribution is 2.17. The summed E-state index contributed by atoms with van der Waals surface area (Å²) < 4.78 is 0. The third-order valence-electron chi connectivity index (χ3n) is 1.77. The molecule has 66 valence electrons. The van der Waals surface area contributed by atoms with Gasteiger partial charge in [-0.1, -0.05) is 0 Å². The van der Waals surface area contributed by atoms with Gasteiger partial charge in [-0.25, -0.2) is 9.97 Å².